The van der Waals surface area contributed by atoms with Crippen LogP contribution in [0.3, 0.4) is 0 Å². The fourth-order valence-electron chi connectivity index (χ4n) is 2.86. The molecule has 9 heteroatoms. The summed E-state index contributed by atoms with van der Waals surface area (Å²) in [5, 5.41) is 13.8. The highest BCUT2D eigenvalue weighted by molar-refractivity contribution is 5.78. The van der Waals surface area contributed by atoms with Gasteiger partial charge in [-0.25, -0.2) is 0 Å². The lowest BCUT2D eigenvalue weighted by Crippen LogP contribution is -2.44. The molecule has 1 fully saturated rings. The smallest absolute Gasteiger partial charge is 0.382 e. The Morgan fingerprint density at radius 2 is 1.92 bits per heavy atom. The molecular formula is C16H20F3N3O3. The van der Waals surface area contributed by atoms with Crippen molar-refractivity contribution < 1.29 is 22.9 Å². The van der Waals surface area contributed by atoms with Crippen molar-refractivity contribution in [1.29, 1.82) is 0 Å². The number of carbonyl (C=O) groups excluding carboxylic acids is 1. The minimum atomic E-state index is -4.80. The number of anilines is 1. The lowest BCUT2D eigenvalue weighted by Gasteiger charge is -2.34. The van der Waals surface area contributed by atoms with Crippen molar-refractivity contribution in [2.24, 2.45) is 5.92 Å². The van der Waals surface area contributed by atoms with E-state index in [9.17, 15) is 28.1 Å². The molecule has 6 nitrogen and oxygen atoms in total. The molecule has 0 saturated carbocycles. The third kappa shape index (κ3) is 4.61. The summed E-state index contributed by atoms with van der Waals surface area (Å²) in [4.78, 5) is 23.4. The number of amides is 1. The first-order valence-corrected chi connectivity index (χ1v) is 8.00. The second-order valence-corrected chi connectivity index (χ2v) is 6.39. The van der Waals surface area contributed by atoms with Gasteiger partial charge in [-0.1, -0.05) is 13.8 Å². The standard InChI is InChI=1S/C16H20F3N3O3/c1-10(2)15(23)21-7-5-11(6-8-21)20-12-3-4-14(22(24)25)13(9-12)16(17,18)19/h3-4,9-11,20H,5-8H2,1-2H3. The number of hydrogen-bond acceptors (Lipinski definition) is 4. The molecule has 138 valence electrons. The van der Waals surface area contributed by atoms with Crippen LogP contribution in [0.15, 0.2) is 18.2 Å². The Bertz CT molecular complexity index is 654. The fourth-order valence-corrected chi connectivity index (χ4v) is 2.86. The van der Waals surface area contributed by atoms with Gasteiger partial charge in [-0.05, 0) is 25.0 Å². The zero-order valence-electron chi connectivity index (χ0n) is 14.0. The van der Waals surface area contributed by atoms with Crippen LogP contribution in [-0.4, -0.2) is 34.9 Å². The molecule has 1 N–H and O–H groups in total. The minimum Gasteiger partial charge on any atom is -0.382 e. The summed E-state index contributed by atoms with van der Waals surface area (Å²) in [7, 11) is 0. The van der Waals surface area contributed by atoms with Gasteiger partial charge in [0.05, 0.1) is 4.92 Å². The van der Waals surface area contributed by atoms with Crippen LogP contribution in [0.2, 0.25) is 0 Å². The third-order valence-corrected chi connectivity index (χ3v) is 4.17. The predicted octanol–water partition coefficient (Wildman–Crippen LogP) is 3.67. The molecule has 0 unspecified atom stereocenters. The second kappa shape index (κ2) is 7.28. The molecule has 25 heavy (non-hydrogen) atoms. The van der Waals surface area contributed by atoms with Crippen LogP contribution < -0.4 is 5.32 Å². The molecular weight excluding hydrogens is 339 g/mol. The van der Waals surface area contributed by atoms with E-state index in [4.69, 9.17) is 0 Å². The van der Waals surface area contributed by atoms with E-state index in [1.807, 2.05) is 13.8 Å². The largest absolute Gasteiger partial charge is 0.423 e. The first-order chi connectivity index (χ1) is 11.6. The van der Waals surface area contributed by atoms with E-state index in [0.717, 1.165) is 12.1 Å². The highest BCUT2D eigenvalue weighted by Gasteiger charge is 2.38. The van der Waals surface area contributed by atoms with Crippen molar-refractivity contribution in [3.63, 3.8) is 0 Å². The summed E-state index contributed by atoms with van der Waals surface area (Å²) in [5.74, 6) is -0.0262. The number of likely N-dealkylation sites (tertiary alicyclic amines) is 1. The zero-order chi connectivity index (χ0) is 18.8. The van der Waals surface area contributed by atoms with E-state index in [1.54, 1.807) is 4.90 Å². The highest BCUT2D eigenvalue weighted by Crippen LogP contribution is 2.37. The Labute approximate surface area is 143 Å². The number of hydrogen-bond donors (Lipinski definition) is 1. The van der Waals surface area contributed by atoms with E-state index in [1.165, 1.54) is 6.07 Å². The molecule has 1 aromatic rings. The Kier molecular flexibility index (Phi) is 5.54. The molecule has 0 spiro atoms. The number of nitrogens with one attached hydrogen (secondary N) is 1. The highest BCUT2D eigenvalue weighted by atomic mass is 19.4. The number of carbonyl (C=O) groups is 1. The number of alkyl halides is 3. The number of halogens is 3. The van der Waals surface area contributed by atoms with Crippen LogP contribution in [0.25, 0.3) is 0 Å². The molecule has 0 aliphatic carbocycles. The van der Waals surface area contributed by atoms with Gasteiger partial charge in [-0.2, -0.15) is 13.2 Å². The van der Waals surface area contributed by atoms with Gasteiger partial charge in [0.1, 0.15) is 5.56 Å². The van der Waals surface area contributed by atoms with Crippen molar-refractivity contribution in [2.75, 3.05) is 18.4 Å². The first kappa shape index (κ1) is 19.0. The van der Waals surface area contributed by atoms with Crippen LogP contribution >= 0.6 is 0 Å². The maximum atomic E-state index is 13.0. The lowest BCUT2D eigenvalue weighted by atomic mass is 10.0. The predicted molar refractivity (Wildman–Crippen MR) is 86.2 cm³/mol. The van der Waals surface area contributed by atoms with Gasteiger partial charge in [0, 0.05) is 36.8 Å². The van der Waals surface area contributed by atoms with Gasteiger partial charge in [-0.15, -0.1) is 0 Å². The SMILES string of the molecule is CC(C)C(=O)N1CCC(Nc2ccc([N+](=O)[O-])c(C(F)(F)F)c2)CC1. The molecule has 2 rings (SSSR count). The van der Waals surface area contributed by atoms with Crippen LogP contribution in [0.5, 0.6) is 0 Å². The molecule has 1 saturated heterocycles. The van der Waals surface area contributed by atoms with E-state index >= 15 is 0 Å². The van der Waals surface area contributed by atoms with Gasteiger partial charge >= 0.3 is 6.18 Å². The summed E-state index contributed by atoms with van der Waals surface area (Å²) in [5.41, 5.74) is -2.04. The number of nitro groups is 1. The molecule has 1 amide bonds. The quantitative estimate of drug-likeness (QED) is 0.657. The second-order valence-electron chi connectivity index (χ2n) is 6.39. The third-order valence-electron chi connectivity index (χ3n) is 4.17. The van der Waals surface area contributed by atoms with Crippen LogP contribution in [0.1, 0.15) is 32.3 Å². The molecule has 1 aliphatic heterocycles. The monoisotopic (exact) mass is 359 g/mol. The first-order valence-electron chi connectivity index (χ1n) is 8.00. The summed E-state index contributed by atoms with van der Waals surface area (Å²) < 4.78 is 39.0. The number of nitro benzene ring substituents is 1. The van der Waals surface area contributed by atoms with E-state index in [-0.39, 0.29) is 23.6 Å². The molecule has 1 heterocycles. The van der Waals surface area contributed by atoms with Crippen molar-refractivity contribution in [1.82, 2.24) is 4.90 Å². The van der Waals surface area contributed by atoms with Gasteiger partial charge in [0.25, 0.3) is 5.69 Å². The zero-order valence-corrected chi connectivity index (χ0v) is 14.0. The molecule has 1 aromatic carbocycles. The molecule has 0 bridgehead atoms. The Balaban J connectivity index is 2.07. The maximum absolute atomic E-state index is 13.0. The average molecular weight is 359 g/mol. The summed E-state index contributed by atoms with van der Waals surface area (Å²) >= 11 is 0. The Hall–Kier alpha value is -2.32. The summed E-state index contributed by atoms with van der Waals surface area (Å²) in [6.07, 6.45) is -3.58. The van der Waals surface area contributed by atoms with Crippen LogP contribution in [-0.2, 0) is 11.0 Å². The topological polar surface area (TPSA) is 75.5 Å². The molecule has 1 aliphatic rings. The number of rotatable bonds is 4. The van der Waals surface area contributed by atoms with Gasteiger partial charge in [-0.3, -0.25) is 14.9 Å². The van der Waals surface area contributed by atoms with E-state index in [2.05, 4.69) is 5.32 Å². The Morgan fingerprint density at radius 1 is 1.32 bits per heavy atom. The normalized spacial score (nSPS) is 16.2. The number of nitrogens with zero attached hydrogens (tertiary/aromatic N) is 2. The summed E-state index contributed by atoms with van der Waals surface area (Å²) in [6, 6.07) is 2.82. The maximum Gasteiger partial charge on any atom is 0.423 e. The van der Waals surface area contributed by atoms with Gasteiger partial charge in [0.15, 0.2) is 0 Å². The van der Waals surface area contributed by atoms with Gasteiger partial charge in [0.2, 0.25) is 5.91 Å². The van der Waals surface area contributed by atoms with Crippen LogP contribution in [0, 0.1) is 16.0 Å². The Morgan fingerprint density at radius 3 is 2.40 bits per heavy atom. The number of benzene rings is 1. The minimum absolute atomic E-state index is 0.0631. The van der Waals surface area contributed by atoms with Crippen molar-refractivity contribution in [3.05, 3.63) is 33.9 Å². The number of piperidine rings is 1. The fraction of sp³-hybridized carbons (Fsp3) is 0.562. The molecule has 0 atom stereocenters. The summed E-state index contributed by atoms with van der Waals surface area (Å²) in [6.45, 7) is 4.71. The van der Waals surface area contributed by atoms with Crippen LogP contribution in [0.4, 0.5) is 24.5 Å². The van der Waals surface area contributed by atoms with E-state index in [0.29, 0.717) is 25.9 Å². The lowest BCUT2D eigenvalue weighted by molar-refractivity contribution is -0.388. The molecule has 0 radical (unpaired) electrons. The average Bonchev–Trinajstić information content (AvgIpc) is 2.53. The van der Waals surface area contributed by atoms with Crippen molar-refractivity contribution in [2.45, 2.75) is 38.9 Å². The van der Waals surface area contributed by atoms with E-state index < -0.39 is 22.4 Å². The molecule has 0 aromatic heterocycles. The van der Waals surface area contributed by atoms with Gasteiger partial charge < -0.3 is 10.2 Å². The van der Waals surface area contributed by atoms with Crippen molar-refractivity contribution in [3.8, 4) is 0 Å². The van der Waals surface area contributed by atoms with Crippen molar-refractivity contribution >= 4 is 17.3 Å².